The van der Waals surface area contributed by atoms with Crippen molar-refractivity contribution in [3.05, 3.63) is 76.8 Å². The number of nitrogens with zero attached hydrogens (tertiary/aromatic N) is 3. The number of carbonyl (C=O) groups is 1. The lowest BCUT2D eigenvalue weighted by atomic mass is 10.1. The maximum Gasteiger partial charge on any atom is 0.259 e. The summed E-state index contributed by atoms with van der Waals surface area (Å²) in [6.45, 7) is 2.12. The van der Waals surface area contributed by atoms with E-state index in [0.29, 0.717) is 27.5 Å². The fraction of sp³-hybridized carbons (Fsp3) is 0.136. The van der Waals surface area contributed by atoms with Gasteiger partial charge in [0.2, 0.25) is 0 Å². The van der Waals surface area contributed by atoms with Crippen molar-refractivity contribution in [2.24, 2.45) is 0 Å². The number of nitrogens with one attached hydrogen (secondary N) is 1. The first kappa shape index (κ1) is 19.0. The minimum Gasteiger partial charge on any atom is -0.496 e. The Bertz CT molecular complexity index is 1190. The van der Waals surface area contributed by atoms with Crippen molar-refractivity contribution in [2.75, 3.05) is 12.4 Å². The van der Waals surface area contributed by atoms with Crippen LogP contribution in [-0.4, -0.2) is 28.0 Å². The van der Waals surface area contributed by atoms with E-state index in [-0.39, 0.29) is 5.91 Å². The van der Waals surface area contributed by atoms with Gasteiger partial charge in [0.1, 0.15) is 16.8 Å². The molecule has 1 heterocycles. The third-order valence-corrected chi connectivity index (χ3v) is 4.85. The van der Waals surface area contributed by atoms with E-state index in [1.807, 2.05) is 18.2 Å². The van der Waals surface area contributed by atoms with E-state index in [4.69, 9.17) is 16.3 Å². The second-order valence-corrected chi connectivity index (χ2v) is 6.95. The Morgan fingerprint density at radius 1 is 1.03 bits per heavy atom. The summed E-state index contributed by atoms with van der Waals surface area (Å²) in [5, 5.41) is 12.4. The Morgan fingerprint density at radius 2 is 1.79 bits per heavy atom. The van der Waals surface area contributed by atoms with Gasteiger partial charge >= 0.3 is 0 Å². The van der Waals surface area contributed by atoms with Gasteiger partial charge in [-0.15, -0.1) is 10.2 Å². The number of aromatic nitrogens is 3. The second-order valence-electron chi connectivity index (χ2n) is 6.51. The molecule has 6 nitrogen and oxygen atoms in total. The lowest BCUT2D eigenvalue weighted by Crippen LogP contribution is -2.13. The highest BCUT2D eigenvalue weighted by molar-refractivity contribution is 6.31. The Hall–Kier alpha value is -3.38. The number of rotatable bonds is 5. The number of ether oxygens (including phenoxy) is 1. The number of halogens is 1. The molecule has 0 atom stereocenters. The van der Waals surface area contributed by atoms with Crippen LogP contribution in [0.3, 0.4) is 0 Å². The SMILES string of the molecule is CCc1ccc(-n2nc3ccc(NC(=O)c4cc(Cl)ccc4OC)cc3n2)cc1. The Morgan fingerprint density at radius 3 is 2.52 bits per heavy atom. The topological polar surface area (TPSA) is 69.0 Å². The highest BCUT2D eigenvalue weighted by atomic mass is 35.5. The van der Waals surface area contributed by atoms with E-state index in [9.17, 15) is 4.79 Å². The molecule has 0 aliphatic heterocycles. The van der Waals surface area contributed by atoms with Gasteiger partial charge in [-0.3, -0.25) is 4.79 Å². The zero-order valence-corrected chi connectivity index (χ0v) is 16.8. The van der Waals surface area contributed by atoms with Crippen LogP contribution < -0.4 is 10.1 Å². The fourth-order valence-electron chi connectivity index (χ4n) is 3.03. The molecule has 146 valence electrons. The molecule has 0 unspecified atom stereocenters. The molecule has 7 heteroatoms. The van der Waals surface area contributed by atoms with E-state index in [1.165, 1.54) is 12.7 Å². The van der Waals surface area contributed by atoms with Crippen LogP contribution in [-0.2, 0) is 6.42 Å². The van der Waals surface area contributed by atoms with Gasteiger partial charge in [-0.2, -0.15) is 4.80 Å². The number of hydrogen-bond acceptors (Lipinski definition) is 4. The van der Waals surface area contributed by atoms with Crippen molar-refractivity contribution in [2.45, 2.75) is 13.3 Å². The Balaban J connectivity index is 1.60. The van der Waals surface area contributed by atoms with Crippen molar-refractivity contribution in [1.82, 2.24) is 15.0 Å². The van der Waals surface area contributed by atoms with Gasteiger partial charge in [0.05, 0.1) is 18.4 Å². The normalized spacial score (nSPS) is 10.9. The number of anilines is 1. The van der Waals surface area contributed by atoms with E-state index in [1.54, 1.807) is 35.1 Å². The third kappa shape index (κ3) is 3.93. The first-order chi connectivity index (χ1) is 14.1. The average Bonchev–Trinajstić information content (AvgIpc) is 3.17. The molecule has 0 fully saturated rings. The summed E-state index contributed by atoms with van der Waals surface area (Å²) in [6, 6.07) is 18.4. The third-order valence-electron chi connectivity index (χ3n) is 4.62. The number of benzene rings is 3. The van der Waals surface area contributed by atoms with Gasteiger partial charge in [0, 0.05) is 10.7 Å². The maximum atomic E-state index is 12.7. The number of hydrogen-bond donors (Lipinski definition) is 1. The largest absolute Gasteiger partial charge is 0.496 e. The molecular weight excluding hydrogens is 388 g/mol. The fourth-order valence-corrected chi connectivity index (χ4v) is 3.20. The molecule has 0 aliphatic rings. The smallest absolute Gasteiger partial charge is 0.259 e. The number of fused-ring (bicyclic) bond motifs is 1. The van der Waals surface area contributed by atoms with Gasteiger partial charge < -0.3 is 10.1 Å². The molecule has 4 aromatic rings. The molecular formula is C22H19ClN4O2. The van der Waals surface area contributed by atoms with Gasteiger partial charge in [-0.25, -0.2) is 0 Å². The van der Waals surface area contributed by atoms with Gasteiger partial charge in [-0.1, -0.05) is 30.7 Å². The summed E-state index contributed by atoms with van der Waals surface area (Å²) in [4.78, 5) is 14.3. The van der Waals surface area contributed by atoms with E-state index < -0.39 is 0 Å². The van der Waals surface area contributed by atoms with Crippen molar-refractivity contribution < 1.29 is 9.53 Å². The van der Waals surface area contributed by atoms with Crippen molar-refractivity contribution in [3.8, 4) is 11.4 Å². The molecule has 1 amide bonds. The summed E-state index contributed by atoms with van der Waals surface area (Å²) < 4.78 is 5.25. The average molecular weight is 407 g/mol. The highest BCUT2D eigenvalue weighted by Gasteiger charge is 2.14. The molecule has 0 bridgehead atoms. The minimum absolute atomic E-state index is 0.314. The van der Waals surface area contributed by atoms with Gasteiger partial charge in [0.15, 0.2) is 0 Å². The molecule has 4 rings (SSSR count). The lowest BCUT2D eigenvalue weighted by molar-refractivity contribution is 0.102. The van der Waals surface area contributed by atoms with E-state index in [2.05, 4.69) is 34.6 Å². The van der Waals surface area contributed by atoms with Crippen LogP contribution in [0.2, 0.25) is 5.02 Å². The van der Waals surface area contributed by atoms with Crippen LogP contribution in [0.4, 0.5) is 5.69 Å². The van der Waals surface area contributed by atoms with Crippen molar-refractivity contribution >= 4 is 34.2 Å². The molecule has 1 aromatic heterocycles. The lowest BCUT2D eigenvalue weighted by Gasteiger charge is -2.09. The van der Waals surface area contributed by atoms with Crippen molar-refractivity contribution in [1.29, 1.82) is 0 Å². The Labute approximate surface area is 173 Å². The maximum absolute atomic E-state index is 12.7. The number of aryl methyl sites for hydroxylation is 1. The quantitative estimate of drug-likeness (QED) is 0.512. The zero-order valence-electron chi connectivity index (χ0n) is 16.0. The molecule has 29 heavy (non-hydrogen) atoms. The predicted molar refractivity (Wildman–Crippen MR) is 114 cm³/mol. The van der Waals surface area contributed by atoms with Crippen LogP contribution in [0.15, 0.2) is 60.7 Å². The minimum atomic E-state index is -0.314. The summed E-state index contributed by atoms with van der Waals surface area (Å²) in [6.07, 6.45) is 0.981. The molecule has 0 saturated carbocycles. The highest BCUT2D eigenvalue weighted by Crippen LogP contribution is 2.24. The number of methoxy groups -OCH3 is 1. The monoisotopic (exact) mass is 406 g/mol. The zero-order chi connectivity index (χ0) is 20.4. The van der Waals surface area contributed by atoms with Gasteiger partial charge in [0.25, 0.3) is 5.91 Å². The summed E-state index contributed by atoms with van der Waals surface area (Å²) in [5.41, 5.74) is 4.53. The second kappa shape index (κ2) is 7.93. The van der Waals surface area contributed by atoms with E-state index >= 15 is 0 Å². The summed E-state index contributed by atoms with van der Waals surface area (Å²) in [5.74, 6) is 0.140. The molecule has 3 aromatic carbocycles. The molecule has 0 radical (unpaired) electrons. The molecule has 0 spiro atoms. The molecule has 0 saturated heterocycles. The van der Waals surface area contributed by atoms with E-state index in [0.717, 1.165) is 17.6 Å². The first-order valence-corrected chi connectivity index (χ1v) is 9.56. The van der Waals surface area contributed by atoms with Crippen LogP contribution in [0.1, 0.15) is 22.8 Å². The van der Waals surface area contributed by atoms with Crippen LogP contribution in [0.25, 0.3) is 16.7 Å². The van der Waals surface area contributed by atoms with Crippen LogP contribution in [0, 0.1) is 0 Å². The standard InChI is InChI=1S/C22H19ClN4O2/c1-3-14-4-8-17(9-5-14)27-25-19-10-7-16(13-20(19)26-27)24-22(28)18-12-15(23)6-11-21(18)29-2/h4-13H,3H2,1-2H3,(H,24,28). The first-order valence-electron chi connectivity index (χ1n) is 9.18. The summed E-state index contributed by atoms with van der Waals surface area (Å²) >= 11 is 6.02. The predicted octanol–water partition coefficient (Wildman–Crippen LogP) is 4.90. The molecule has 1 N–H and O–H groups in total. The van der Waals surface area contributed by atoms with Crippen LogP contribution >= 0.6 is 11.6 Å². The number of carbonyl (C=O) groups excluding carboxylic acids is 1. The van der Waals surface area contributed by atoms with Crippen molar-refractivity contribution in [3.63, 3.8) is 0 Å². The van der Waals surface area contributed by atoms with Crippen LogP contribution in [0.5, 0.6) is 5.75 Å². The summed E-state index contributed by atoms with van der Waals surface area (Å²) in [7, 11) is 1.51. The number of amides is 1. The Kier molecular flexibility index (Phi) is 5.18. The van der Waals surface area contributed by atoms with Gasteiger partial charge in [-0.05, 0) is 60.5 Å². The molecule has 0 aliphatic carbocycles.